The molecular weight excluding hydrogens is 315 g/mol. The second kappa shape index (κ2) is 6.10. The molecule has 2 N–H and O–H groups in total. The molecule has 0 bridgehead atoms. The van der Waals surface area contributed by atoms with Crippen molar-refractivity contribution in [3.05, 3.63) is 51.1 Å². The van der Waals surface area contributed by atoms with E-state index in [0.717, 1.165) is 6.07 Å². The molecule has 0 unspecified atom stereocenters. The molecule has 0 atom stereocenters. The van der Waals surface area contributed by atoms with Crippen LogP contribution in [0.5, 0.6) is 0 Å². The molecule has 2 rings (SSSR count). The van der Waals surface area contributed by atoms with E-state index in [1.165, 1.54) is 6.07 Å². The van der Waals surface area contributed by atoms with Crippen molar-refractivity contribution >= 4 is 29.2 Å². The van der Waals surface area contributed by atoms with E-state index in [1.54, 1.807) is 12.1 Å². The van der Waals surface area contributed by atoms with Gasteiger partial charge < -0.3 is 10.2 Å². The van der Waals surface area contributed by atoms with Crippen molar-refractivity contribution in [1.29, 1.82) is 5.26 Å². The lowest BCUT2D eigenvalue weighted by Gasteiger charge is -2.10. The van der Waals surface area contributed by atoms with Crippen molar-refractivity contribution in [2.45, 2.75) is 6.61 Å². The summed E-state index contributed by atoms with van der Waals surface area (Å²) in [5.74, 6) is -1.26. The van der Waals surface area contributed by atoms with Crippen LogP contribution in [-0.4, -0.2) is 21.2 Å². The highest BCUT2D eigenvalue weighted by Gasteiger charge is 2.18. The van der Waals surface area contributed by atoms with Gasteiger partial charge in [0.2, 0.25) is 0 Å². The predicted octanol–water partition coefficient (Wildman–Crippen LogP) is 3.12. The highest BCUT2D eigenvalue weighted by atomic mass is 35.5. The molecule has 1 aromatic carbocycles. The second-order valence-corrected chi connectivity index (χ2v) is 4.93. The van der Waals surface area contributed by atoms with Gasteiger partial charge in [-0.3, -0.25) is 0 Å². The maximum atomic E-state index is 11.1. The van der Waals surface area contributed by atoms with Crippen LogP contribution < -0.4 is 0 Å². The summed E-state index contributed by atoms with van der Waals surface area (Å²) < 4.78 is 0. The van der Waals surface area contributed by atoms with Crippen molar-refractivity contribution < 1.29 is 15.0 Å². The summed E-state index contributed by atoms with van der Waals surface area (Å²) in [7, 11) is 0. The molecule has 0 amide bonds. The Balaban J connectivity index is 2.80. The van der Waals surface area contributed by atoms with Gasteiger partial charge in [-0.05, 0) is 29.8 Å². The molecule has 0 spiro atoms. The number of benzene rings is 1. The lowest BCUT2D eigenvalue weighted by molar-refractivity contribution is 0.0690. The lowest BCUT2D eigenvalue weighted by atomic mass is 10.0. The van der Waals surface area contributed by atoms with E-state index in [1.807, 2.05) is 6.07 Å². The van der Waals surface area contributed by atoms with Gasteiger partial charge in [-0.15, -0.1) is 0 Å². The molecule has 0 aliphatic carbocycles. The number of carboxylic acids is 1. The Bertz CT molecular complexity index is 770. The number of rotatable bonds is 3. The first kappa shape index (κ1) is 15.3. The summed E-state index contributed by atoms with van der Waals surface area (Å²) in [6.07, 6.45) is 0. The fourth-order valence-electron chi connectivity index (χ4n) is 1.83. The van der Waals surface area contributed by atoms with Gasteiger partial charge in [0, 0.05) is 10.6 Å². The Morgan fingerprint density at radius 2 is 2.05 bits per heavy atom. The van der Waals surface area contributed by atoms with E-state index in [4.69, 9.17) is 28.3 Å². The van der Waals surface area contributed by atoms with Crippen LogP contribution in [0.1, 0.15) is 21.6 Å². The molecule has 1 heterocycles. The van der Waals surface area contributed by atoms with Crippen LogP contribution >= 0.6 is 23.2 Å². The van der Waals surface area contributed by atoms with E-state index >= 15 is 0 Å². The number of carboxylic acid groups (broad SMARTS) is 1. The summed E-state index contributed by atoms with van der Waals surface area (Å²) in [6.45, 7) is -0.482. The fourth-order valence-corrected chi connectivity index (χ4v) is 2.33. The summed E-state index contributed by atoms with van der Waals surface area (Å²) in [6, 6.07) is 7.64. The zero-order valence-electron chi connectivity index (χ0n) is 10.5. The molecule has 1 aromatic heterocycles. The van der Waals surface area contributed by atoms with E-state index in [-0.39, 0.29) is 27.5 Å². The molecule has 0 aliphatic heterocycles. The zero-order valence-corrected chi connectivity index (χ0v) is 12.0. The van der Waals surface area contributed by atoms with Gasteiger partial charge in [0.1, 0.15) is 11.8 Å². The molecule has 0 radical (unpaired) electrons. The quantitative estimate of drug-likeness (QED) is 0.905. The highest BCUT2D eigenvalue weighted by molar-refractivity contribution is 6.36. The number of nitriles is 1. The van der Waals surface area contributed by atoms with Crippen LogP contribution in [0, 0.1) is 11.3 Å². The molecule has 0 saturated carbocycles. The normalized spacial score (nSPS) is 10.2. The van der Waals surface area contributed by atoms with Crippen molar-refractivity contribution in [3.63, 3.8) is 0 Å². The average molecular weight is 323 g/mol. The standard InChI is InChI=1S/C14H8Cl2N2O3/c15-8-1-2-9(11(16)4-8)13-10(5-17)7(6-19)3-12(18-13)14(20)21/h1-4,19H,6H2,(H,20,21). The van der Waals surface area contributed by atoms with Gasteiger partial charge in [-0.1, -0.05) is 23.2 Å². The third-order valence-corrected chi connectivity index (χ3v) is 3.34. The zero-order chi connectivity index (χ0) is 15.6. The van der Waals surface area contributed by atoms with Gasteiger partial charge in [0.05, 0.1) is 22.9 Å². The molecular formula is C14H8Cl2N2O3. The molecule has 0 saturated heterocycles. The van der Waals surface area contributed by atoms with Gasteiger partial charge in [-0.25, -0.2) is 9.78 Å². The summed E-state index contributed by atoms with van der Waals surface area (Å²) in [5.41, 5.74) is 0.440. The van der Waals surface area contributed by atoms with Crippen LogP contribution in [0.2, 0.25) is 10.0 Å². The minimum absolute atomic E-state index is 0.0757. The summed E-state index contributed by atoms with van der Waals surface area (Å²) in [5, 5.41) is 28.3. The number of hydrogen-bond donors (Lipinski definition) is 2. The third-order valence-electron chi connectivity index (χ3n) is 2.79. The van der Waals surface area contributed by atoms with E-state index < -0.39 is 12.6 Å². The van der Waals surface area contributed by atoms with Crippen molar-refractivity contribution in [3.8, 4) is 17.3 Å². The first-order valence-electron chi connectivity index (χ1n) is 5.71. The smallest absolute Gasteiger partial charge is 0.354 e. The monoisotopic (exact) mass is 322 g/mol. The first-order valence-corrected chi connectivity index (χ1v) is 6.47. The Kier molecular flexibility index (Phi) is 4.43. The van der Waals surface area contributed by atoms with Crippen LogP contribution in [0.25, 0.3) is 11.3 Å². The minimum Gasteiger partial charge on any atom is -0.477 e. The predicted molar refractivity (Wildman–Crippen MR) is 77.3 cm³/mol. The third kappa shape index (κ3) is 2.98. The molecule has 5 nitrogen and oxygen atoms in total. The lowest BCUT2D eigenvalue weighted by Crippen LogP contribution is -2.06. The van der Waals surface area contributed by atoms with Crippen LogP contribution in [-0.2, 0) is 6.61 Å². The maximum absolute atomic E-state index is 11.1. The number of halogens is 2. The van der Waals surface area contributed by atoms with Crippen molar-refractivity contribution in [1.82, 2.24) is 4.98 Å². The number of aliphatic hydroxyl groups is 1. The van der Waals surface area contributed by atoms with Crippen molar-refractivity contribution in [2.24, 2.45) is 0 Å². The van der Waals surface area contributed by atoms with Gasteiger partial charge in [-0.2, -0.15) is 5.26 Å². The highest BCUT2D eigenvalue weighted by Crippen LogP contribution is 2.32. The summed E-state index contributed by atoms with van der Waals surface area (Å²) in [4.78, 5) is 15.1. The molecule has 0 fully saturated rings. The molecule has 0 aliphatic rings. The van der Waals surface area contributed by atoms with E-state index in [0.29, 0.717) is 10.6 Å². The number of hydrogen-bond acceptors (Lipinski definition) is 4. The molecule has 2 aromatic rings. The number of aromatic carboxylic acids is 1. The Labute approximate surface area is 130 Å². The number of nitrogens with zero attached hydrogens (tertiary/aromatic N) is 2. The minimum atomic E-state index is -1.26. The van der Waals surface area contributed by atoms with Crippen molar-refractivity contribution in [2.75, 3.05) is 0 Å². The fraction of sp³-hybridized carbons (Fsp3) is 0.0714. The van der Waals surface area contributed by atoms with Gasteiger partial charge in [0.25, 0.3) is 0 Å². The topological polar surface area (TPSA) is 94.2 Å². The Morgan fingerprint density at radius 3 is 2.57 bits per heavy atom. The summed E-state index contributed by atoms with van der Waals surface area (Å²) >= 11 is 11.9. The average Bonchev–Trinajstić information content (AvgIpc) is 2.45. The molecule has 21 heavy (non-hydrogen) atoms. The molecule has 7 heteroatoms. The van der Waals surface area contributed by atoms with Gasteiger partial charge >= 0.3 is 5.97 Å². The van der Waals surface area contributed by atoms with Gasteiger partial charge in [0.15, 0.2) is 0 Å². The number of carbonyl (C=O) groups is 1. The number of pyridine rings is 1. The first-order chi connectivity index (χ1) is 9.97. The maximum Gasteiger partial charge on any atom is 0.354 e. The SMILES string of the molecule is N#Cc1c(CO)cc(C(=O)O)nc1-c1ccc(Cl)cc1Cl. The Hall–Kier alpha value is -2.13. The molecule has 106 valence electrons. The van der Waals surface area contributed by atoms with Crippen LogP contribution in [0.15, 0.2) is 24.3 Å². The second-order valence-electron chi connectivity index (χ2n) is 4.09. The number of aliphatic hydroxyl groups excluding tert-OH is 1. The van der Waals surface area contributed by atoms with E-state index in [9.17, 15) is 15.2 Å². The largest absolute Gasteiger partial charge is 0.477 e. The Morgan fingerprint density at radius 1 is 1.33 bits per heavy atom. The van der Waals surface area contributed by atoms with Crippen LogP contribution in [0.4, 0.5) is 0 Å². The number of aromatic nitrogens is 1. The van der Waals surface area contributed by atoms with Crippen LogP contribution in [0.3, 0.4) is 0 Å². The van der Waals surface area contributed by atoms with E-state index in [2.05, 4.69) is 4.98 Å².